The molecule has 7 nitrogen and oxygen atoms in total. The van der Waals surface area contributed by atoms with E-state index in [0.717, 1.165) is 88.0 Å². The molecule has 7 heteroatoms. The average Bonchev–Trinajstić information content (AvgIpc) is 4.04. The molecule has 0 spiro atoms. The van der Waals surface area contributed by atoms with Gasteiger partial charge in [0.05, 0.1) is 16.4 Å². The summed E-state index contributed by atoms with van der Waals surface area (Å²) < 4.78 is 15.3. The van der Waals surface area contributed by atoms with Crippen molar-refractivity contribution in [1.82, 2.24) is 24.5 Å². The molecule has 13 rings (SSSR count). The molecule has 0 saturated heterocycles. The fourth-order valence-electron chi connectivity index (χ4n) is 8.98. The minimum Gasteiger partial charge on any atom is -0.456 e. The van der Waals surface area contributed by atoms with Crippen LogP contribution >= 0.6 is 0 Å². The van der Waals surface area contributed by atoms with Crippen LogP contribution in [0.3, 0.4) is 0 Å². The maximum absolute atomic E-state index is 6.54. The van der Waals surface area contributed by atoms with E-state index in [0.29, 0.717) is 28.9 Å². The first-order valence-electron chi connectivity index (χ1n) is 20.3. The van der Waals surface area contributed by atoms with Crippen LogP contribution in [0.25, 0.3) is 128 Å². The normalized spacial score (nSPS) is 11.9. The zero-order valence-corrected chi connectivity index (χ0v) is 32.5. The predicted molar refractivity (Wildman–Crippen MR) is 246 cm³/mol. The number of nitrogens with zero attached hydrogens (tertiary/aromatic N) is 5. The largest absolute Gasteiger partial charge is 0.456 e. The summed E-state index contributed by atoms with van der Waals surface area (Å²) in [5, 5.41) is 8.59. The minimum absolute atomic E-state index is 0.568. The van der Waals surface area contributed by atoms with Gasteiger partial charge in [-0.05, 0) is 88.3 Å². The minimum atomic E-state index is 0.568. The number of oxazole rings is 1. The summed E-state index contributed by atoms with van der Waals surface area (Å²) in [4.78, 5) is 20.5. The van der Waals surface area contributed by atoms with Crippen LogP contribution in [-0.2, 0) is 0 Å². The van der Waals surface area contributed by atoms with Gasteiger partial charge in [0.2, 0.25) is 5.89 Å². The summed E-state index contributed by atoms with van der Waals surface area (Å²) in [5.41, 5.74) is 9.84. The SMILES string of the molecule is c1ccc(-c2nc3ccc4oc5ccc6ccc(-c7nc(-c8cccc(-n9c%10ccccc%10c%10ccccc%109)c8)nc(-c8ccc9ccccc9c8)n7)cc6c5c4c3o2)cc1. The first kappa shape index (κ1) is 33.5. The second-order valence-corrected chi connectivity index (χ2v) is 15.4. The summed E-state index contributed by atoms with van der Waals surface area (Å²) in [6.45, 7) is 0. The Bertz CT molecular complexity index is 3850. The van der Waals surface area contributed by atoms with Crippen LogP contribution in [0.1, 0.15) is 0 Å². The lowest BCUT2D eigenvalue weighted by Crippen LogP contribution is -2.01. The van der Waals surface area contributed by atoms with Crippen LogP contribution < -0.4 is 0 Å². The van der Waals surface area contributed by atoms with E-state index >= 15 is 0 Å². The van der Waals surface area contributed by atoms with Gasteiger partial charge in [-0.3, -0.25) is 0 Å². The lowest BCUT2D eigenvalue weighted by atomic mass is 10.0. The zero-order valence-electron chi connectivity index (χ0n) is 32.5. The molecule has 0 amide bonds. The first-order chi connectivity index (χ1) is 30.2. The van der Waals surface area contributed by atoms with Crippen molar-refractivity contribution in [2.75, 3.05) is 0 Å². The molecule has 0 bridgehead atoms. The number of hydrogen-bond acceptors (Lipinski definition) is 6. The van der Waals surface area contributed by atoms with Gasteiger partial charge in [0.1, 0.15) is 16.7 Å². The van der Waals surface area contributed by atoms with Crippen molar-refractivity contribution >= 4 is 76.4 Å². The molecule has 9 aromatic carbocycles. The van der Waals surface area contributed by atoms with E-state index in [1.54, 1.807) is 0 Å². The summed E-state index contributed by atoms with van der Waals surface area (Å²) in [6.07, 6.45) is 0. The topological polar surface area (TPSA) is 82.8 Å². The van der Waals surface area contributed by atoms with Crippen LogP contribution in [0.5, 0.6) is 0 Å². The maximum Gasteiger partial charge on any atom is 0.227 e. The molecule has 4 heterocycles. The van der Waals surface area contributed by atoms with Crippen LogP contribution in [0.4, 0.5) is 0 Å². The molecule has 0 aliphatic rings. The summed E-state index contributed by atoms with van der Waals surface area (Å²) >= 11 is 0. The van der Waals surface area contributed by atoms with E-state index in [9.17, 15) is 0 Å². The molecule has 284 valence electrons. The second kappa shape index (κ2) is 13.0. The summed E-state index contributed by atoms with van der Waals surface area (Å²) in [6, 6.07) is 64.7. The molecule has 4 aromatic heterocycles. The average molecular weight is 782 g/mol. The molecule has 0 fully saturated rings. The third-order valence-electron chi connectivity index (χ3n) is 11.8. The molecule has 0 N–H and O–H groups in total. The van der Waals surface area contributed by atoms with Crippen molar-refractivity contribution in [1.29, 1.82) is 0 Å². The molecule has 0 atom stereocenters. The molecule has 0 saturated carbocycles. The first-order valence-corrected chi connectivity index (χ1v) is 20.3. The molecule has 0 radical (unpaired) electrons. The lowest BCUT2D eigenvalue weighted by Gasteiger charge is -2.12. The Hall–Kier alpha value is -8.42. The number of para-hydroxylation sites is 2. The van der Waals surface area contributed by atoms with Gasteiger partial charge in [-0.25, -0.2) is 19.9 Å². The molecule has 61 heavy (non-hydrogen) atoms. The number of fused-ring (bicyclic) bond motifs is 11. The number of hydrogen-bond donors (Lipinski definition) is 0. The number of aromatic nitrogens is 5. The quantitative estimate of drug-likeness (QED) is 0.173. The Morgan fingerprint density at radius 3 is 1.72 bits per heavy atom. The van der Waals surface area contributed by atoms with Crippen molar-refractivity contribution in [3.63, 3.8) is 0 Å². The molecule has 0 aliphatic heterocycles. The number of furan rings is 1. The van der Waals surface area contributed by atoms with E-state index in [1.807, 2.05) is 48.5 Å². The van der Waals surface area contributed by atoms with Gasteiger partial charge < -0.3 is 13.4 Å². The third kappa shape index (κ3) is 5.31. The van der Waals surface area contributed by atoms with Crippen LogP contribution in [0.15, 0.2) is 197 Å². The highest BCUT2D eigenvalue weighted by Gasteiger charge is 2.21. The van der Waals surface area contributed by atoms with E-state index in [-0.39, 0.29) is 0 Å². The van der Waals surface area contributed by atoms with Crippen molar-refractivity contribution in [3.05, 3.63) is 188 Å². The van der Waals surface area contributed by atoms with Crippen LogP contribution in [-0.4, -0.2) is 24.5 Å². The Morgan fingerprint density at radius 1 is 0.361 bits per heavy atom. The molecule has 13 aromatic rings. The van der Waals surface area contributed by atoms with Gasteiger partial charge in [-0.15, -0.1) is 0 Å². The van der Waals surface area contributed by atoms with Crippen molar-refractivity contribution < 1.29 is 8.83 Å². The second-order valence-electron chi connectivity index (χ2n) is 15.4. The monoisotopic (exact) mass is 781 g/mol. The molecular formula is C54H31N5O2. The van der Waals surface area contributed by atoms with Gasteiger partial charge in [0, 0.05) is 44.1 Å². The summed E-state index contributed by atoms with van der Waals surface area (Å²) in [5.74, 6) is 2.31. The van der Waals surface area contributed by atoms with Gasteiger partial charge in [0.15, 0.2) is 23.1 Å². The number of benzene rings is 9. The molecular weight excluding hydrogens is 751 g/mol. The Labute approximate surface area is 347 Å². The highest BCUT2D eigenvalue weighted by molar-refractivity contribution is 6.25. The van der Waals surface area contributed by atoms with Crippen LogP contribution in [0.2, 0.25) is 0 Å². The fraction of sp³-hybridized carbons (Fsp3) is 0. The Kier molecular flexibility index (Phi) is 7.17. The molecule has 0 aliphatic carbocycles. The Balaban J connectivity index is 1.02. The zero-order chi connectivity index (χ0) is 40.0. The van der Waals surface area contributed by atoms with Crippen molar-refractivity contribution in [2.24, 2.45) is 0 Å². The van der Waals surface area contributed by atoms with Crippen molar-refractivity contribution in [3.8, 4) is 51.3 Å². The smallest absolute Gasteiger partial charge is 0.227 e. The summed E-state index contributed by atoms with van der Waals surface area (Å²) in [7, 11) is 0. The highest BCUT2D eigenvalue weighted by atomic mass is 16.4. The van der Waals surface area contributed by atoms with E-state index in [4.69, 9.17) is 28.8 Å². The fourth-order valence-corrected chi connectivity index (χ4v) is 8.98. The van der Waals surface area contributed by atoms with E-state index in [1.165, 1.54) is 10.8 Å². The van der Waals surface area contributed by atoms with Gasteiger partial charge in [0.25, 0.3) is 0 Å². The van der Waals surface area contributed by atoms with Gasteiger partial charge >= 0.3 is 0 Å². The van der Waals surface area contributed by atoms with Gasteiger partial charge in [-0.2, -0.15) is 0 Å². The number of rotatable bonds is 5. The van der Waals surface area contributed by atoms with Crippen LogP contribution in [0, 0.1) is 0 Å². The third-order valence-corrected chi connectivity index (χ3v) is 11.8. The van der Waals surface area contributed by atoms with Gasteiger partial charge in [-0.1, -0.05) is 121 Å². The lowest BCUT2D eigenvalue weighted by molar-refractivity contribution is 0.622. The standard InChI is InChI=1S/C54H31N5O2/c1-2-12-34(13-3-1)54-55-43-26-28-47-49(50(43)61-54)48-42-31-38(24-22-33(42)25-27-46(48)60-47)53-57-51(56-52(58-53)37-23-21-32-11-4-5-14-35(32)29-37)36-15-10-16-39(30-36)59-44-19-8-6-17-40(44)41-18-7-9-20-45(41)59/h1-31H. The molecule has 0 unspecified atom stereocenters. The maximum atomic E-state index is 6.54. The van der Waals surface area contributed by atoms with E-state index in [2.05, 4.69) is 144 Å². The predicted octanol–water partition coefficient (Wildman–Crippen LogP) is 14.0. The van der Waals surface area contributed by atoms with E-state index < -0.39 is 0 Å². The van der Waals surface area contributed by atoms with Crippen molar-refractivity contribution in [2.45, 2.75) is 0 Å². The highest BCUT2D eigenvalue weighted by Crippen LogP contribution is 2.41. The Morgan fingerprint density at radius 2 is 0.951 bits per heavy atom.